The number of nitrogens with zero attached hydrogens (tertiary/aromatic N) is 4. The van der Waals surface area contributed by atoms with Crippen LogP contribution in [0.4, 0.5) is 0 Å². The molecule has 0 fully saturated rings. The van der Waals surface area contributed by atoms with Crippen LogP contribution in [0.15, 0.2) is 67.1 Å². The van der Waals surface area contributed by atoms with Crippen LogP contribution >= 0.6 is 0 Å². The minimum Gasteiger partial charge on any atom is -0.487 e. The number of amides is 1. The van der Waals surface area contributed by atoms with Crippen molar-refractivity contribution in [1.29, 1.82) is 0 Å². The molecule has 158 valence electrons. The third-order valence-corrected chi connectivity index (χ3v) is 4.86. The van der Waals surface area contributed by atoms with Crippen molar-refractivity contribution in [3.63, 3.8) is 0 Å². The lowest BCUT2D eigenvalue weighted by Gasteiger charge is -2.16. The zero-order chi connectivity index (χ0) is 21.6. The minimum atomic E-state index is -0.458. The van der Waals surface area contributed by atoms with Crippen LogP contribution in [0.2, 0.25) is 0 Å². The molecule has 0 aliphatic heterocycles. The van der Waals surface area contributed by atoms with Gasteiger partial charge in [-0.3, -0.25) is 14.8 Å². The average Bonchev–Trinajstić information content (AvgIpc) is 3.13. The van der Waals surface area contributed by atoms with Gasteiger partial charge < -0.3 is 15.2 Å². The Morgan fingerprint density at radius 2 is 1.87 bits per heavy atom. The Labute approximate surface area is 179 Å². The smallest absolute Gasteiger partial charge is 0.255 e. The highest BCUT2D eigenvalue weighted by Gasteiger charge is 2.21. The van der Waals surface area contributed by atoms with Gasteiger partial charge in [0.1, 0.15) is 12.4 Å². The molecule has 0 aliphatic carbocycles. The van der Waals surface area contributed by atoms with Gasteiger partial charge in [-0.1, -0.05) is 12.1 Å². The van der Waals surface area contributed by atoms with E-state index in [0.29, 0.717) is 35.6 Å². The summed E-state index contributed by atoms with van der Waals surface area (Å²) in [7, 11) is 0. The van der Waals surface area contributed by atoms with Crippen molar-refractivity contribution in [3.05, 3.63) is 89.8 Å². The predicted molar refractivity (Wildman–Crippen MR) is 115 cm³/mol. The summed E-state index contributed by atoms with van der Waals surface area (Å²) >= 11 is 0. The van der Waals surface area contributed by atoms with E-state index >= 15 is 0 Å². The molecular weight excluding hydrogens is 394 g/mol. The highest BCUT2D eigenvalue weighted by atomic mass is 16.5. The van der Waals surface area contributed by atoms with Crippen molar-refractivity contribution in [2.75, 3.05) is 6.61 Å². The summed E-state index contributed by atoms with van der Waals surface area (Å²) in [5, 5.41) is 17.1. The number of aliphatic hydroxyl groups excluding tert-OH is 1. The second-order valence-electron chi connectivity index (χ2n) is 7.14. The van der Waals surface area contributed by atoms with Gasteiger partial charge in [0.2, 0.25) is 0 Å². The highest BCUT2D eigenvalue weighted by molar-refractivity contribution is 6.02. The minimum absolute atomic E-state index is 0.195. The van der Waals surface area contributed by atoms with Crippen LogP contribution in [-0.4, -0.2) is 43.2 Å². The average molecular weight is 417 g/mol. The molecule has 4 heterocycles. The van der Waals surface area contributed by atoms with Gasteiger partial charge in [-0.2, -0.15) is 5.10 Å². The standard InChI is InChI=1S/C23H23N5O3/c1-16-22(23(30)26-19(14-29)12-17-6-2-4-9-24-17)21-13-20(8-11-28(21)27-16)31-15-18-7-3-5-10-25-18/h2-11,13,19,29H,12,14-15H2,1H3,(H,26,30). The van der Waals surface area contributed by atoms with Crippen LogP contribution in [0.3, 0.4) is 0 Å². The van der Waals surface area contributed by atoms with Crippen LogP contribution in [0.5, 0.6) is 5.75 Å². The monoisotopic (exact) mass is 417 g/mol. The van der Waals surface area contributed by atoms with Crippen molar-refractivity contribution in [2.24, 2.45) is 0 Å². The molecule has 2 N–H and O–H groups in total. The maximum Gasteiger partial charge on any atom is 0.255 e. The maximum atomic E-state index is 13.0. The first-order valence-corrected chi connectivity index (χ1v) is 9.97. The third kappa shape index (κ3) is 4.87. The molecule has 4 aromatic heterocycles. The molecule has 0 saturated carbocycles. The highest BCUT2D eigenvalue weighted by Crippen LogP contribution is 2.21. The molecule has 1 unspecified atom stereocenters. The van der Waals surface area contributed by atoms with Crippen molar-refractivity contribution >= 4 is 11.4 Å². The number of rotatable bonds is 8. The molecule has 8 heteroatoms. The summed E-state index contributed by atoms with van der Waals surface area (Å²) < 4.78 is 7.49. The van der Waals surface area contributed by atoms with Gasteiger partial charge in [-0.15, -0.1) is 0 Å². The van der Waals surface area contributed by atoms with Gasteiger partial charge in [-0.05, 0) is 37.3 Å². The Balaban J connectivity index is 1.52. The molecule has 4 rings (SSSR count). The maximum absolute atomic E-state index is 13.0. The Bertz CT molecular complexity index is 1160. The molecule has 1 atom stereocenters. The molecule has 0 aliphatic rings. The van der Waals surface area contributed by atoms with E-state index < -0.39 is 6.04 Å². The lowest BCUT2D eigenvalue weighted by Crippen LogP contribution is -2.39. The van der Waals surface area contributed by atoms with E-state index in [9.17, 15) is 9.90 Å². The molecule has 0 saturated heterocycles. The summed E-state index contributed by atoms with van der Waals surface area (Å²) in [6, 6.07) is 14.3. The van der Waals surface area contributed by atoms with Gasteiger partial charge in [0.05, 0.1) is 35.1 Å². The van der Waals surface area contributed by atoms with E-state index in [4.69, 9.17) is 4.74 Å². The van der Waals surface area contributed by atoms with Crippen LogP contribution in [0.25, 0.3) is 5.52 Å². The Kier molecular flexibility index (Phi) is 6.18. The summed E-state index contributed by atoms with van der Waals surface area (Å²) in [6.07, 6.45) is 5.59. The number of aromatic nitrogens is 4. The number of ether oxygens (including phenoxy) is 1. The van der Waals surface area contributed by atoms with E-state index in [-0.39, 0.29) is 12.5 Å². The van der Waals surface area contributed by atoms with Gasteiger partial charge in [0, 0.05) is 36.8 Å². The van der Waals surface area contributed by atoms with E-state index in [0.717, 1.165) is 11.4 Å². The molecular formula is C23H23N5O3. The second kappa shape index (κ2) is 9.36. The Hall–Kier alpha value is -3.78. The quantitative estimate of drug-likeness (QED) is 0.456. The zero-order valence-electron chi connectivity index (χ0n) is 17.1. The number of hydrogen-bond donors (Lipinski definition) is 2. The summed E-state index contributed by atoms with van der Waals surface area (Å²) in [4.78, 5) is 21.6. The van der Waals surface area contributed by atoms with Crippen LogP contribution in [0.1, 0.15) is 27.4 Å². The number of carbonyl (C=O) groups excluding carboxylic acids is 1. The van der Waals surface area contributed by atoms with E-state index in [1.165, 1.54) is 0 Å². The molecule has 0 bridgehead atoms. The SMILES string of the molecule is Cc1nn2ccc(OCc3ccccn3)cc2c1C(=O)NC(CO)Cc1ccccn1. The van der Waals surface area contributed by atoms with Gasteiger partial charge >= 0.3 is 0 Å². The fraction of sp³-hybridized carbons (Fsp3) is 0.217. The number of aryl methyl sites for hydroxylation is 1. The molecule has 8 nitrogen and oxygen atoms in total. The van der Waals surface area contributed by atoms with E-state index in [2.05, 4.69) is 20.4 Å². The van der Waals surface area contributed by atoms with Crippen molar-refractivity contribution in [2.45, 2.75) is 26.0 Å². The first kappa shape index (κ1) is 20.5. The van der Waals surface area contributed by atoms with E-state index in [1.54, 1.807) is 42.2 Å². The molecule has 0 radical (unpaired) electrons. The van der Waals surface area contributed by atoms with Crippen LogP contribution in [0, 0.1) is 6.92 Å². The number of pyridine rings is 3. The second-order valence-corrected chi connectivity index (χ2v) is 7.14. The lowest BCUT2D eigenvalue weighted by atomic mass is 10.1. The number of aliphatic hydroxyl groups is 1. The molecule has 0 aromatic carbocycles. The number of nitrogens with one attached hydrogen (secondary N) is 1. The Morgan fingerprint density at radius 1 is 1.13 bits per heavy atom. The topological polar surface area (TPSA) is 102 Å². The first-order valence-electron chi connectivity index (χ1n) is 9.97. The largest absolute Gasteiger partial charge is 0.487 e. The van der Waals surface area contributed by atoms with Crippen molar-refractivity contribution in [3.8, 4) is 5.75 Å². The number of hydrogen-bond acceptors (Lipinski definition) is 6. The fourth-order valence-corrected chi connectivity index (χ4v) is 3.35. The number of fused-ring (bicyclic) bond motifs is 1. The summed E-state index contributed by atoms with van der Waals surface area (Å²) in [5.41, 5.74) is 3.27. The normalized spacial score (nSPS) is 11.9. The lowest BCUT2D eigenvalue weighted by molar-refractivity contribution is 0.0917. The molecule has 1 amide bonds. The number of carbonyl (C=O) groups is 1. The summed E-state index contributed by atoms with van der Waals surface area (Å²) in [5.74, 6) is 0.309. The van der Waals surface area contributed by atoms with Crippen LogP contribution in [-0.2, 0) is 13.0 Å². The molecule has 0 spiro atoms. The predicted octanol–water partition coefficient (Wildman–Crippen LogP) is 2.35. The van der Waals surface area contributed by atoms with Gasteiger partial charge in [-0.25, -0.2) is 4.52 Å². The van der Waals surface area contributed by atoms with Crippen molar-refractivity contribution in [1.82, 2.24) is 24.9 Å². The van der Waals surface area contributed by atoms with Gasteiger partial charge in [0.15, 0.2) is 0 Å². The first-order chi connectivity index (χ1) is 15.1. The van der Waals surface area contributed by atoms with Crippen LogP contribution < -0.4 is 10.1 Å². The Morgan fingerprint density at radius 3 is 2.55 bits per heavy atom. The third-order valence-electron chi connectivity index (χ3n) is 4.86. The molecule has 4 aromatic rings. The van der Waals surface area contributed by atoms with Gasteiger partial charge in [0.25, 0.3) is 5.91 Å². The molecule has 31 heavy (non-hydrogen) atoms. The fourth-order valence-electron chi connectivity index (χ4n) is 3.35. The summed E-state index contributed by atoms with van der Waals surface area (Å²) in [6.45, 7) is 1.91. The van der Waals surface area contributed by atoms with Crippen molar-refractivity contribution < 1.29 is 14.6 Å². The zero-order valence-corrected chi connectivity index (χ0v) is 17.1. The van der Waals surface area contributed by atoms with E-state index in [1.807, 2.05) is 36.4 Å².